The topological polar surface area (TPSA) is 23.5 Å². The fourth-order valence-electron chi connectivity index (χ4n) is 2.10. The molecule has 0 atom stereocenters. The molecule has 0 fully saturated rings. The summed E-state index contributed by atoms with van der Waals surface area (Å²) in [6, 6.07) is 8.73. The van der Waals surface area contributed by atoms with Gasteiger partial charge in [-0.3, -0.25) is 0 Å². The van der Waals surface area contributed by atoms with E-state index >= 15 is 0 Å². The molecular formula is C15H25NO. The SMILES string of the molecule is CCCN(CCC)c1cccc(CCCO)c1. The second-order valence-corrected chi connectivity index (χ2v) is 4.48. The van der Waals surface area contributed by atoms with E-state index in [-0.39, 0.29) is 6.61 Å². The van der Waals surface area contributed by atoms with Gasteiger partial charge in [-0.05, 0) is 43.4 Å². The van der Waals surface area contributed by atoms with Crippen LogP contribution in [0.4, 0.5) is 5.69 Å². The molecule has 1 aromatic rings. The van der Waals surface area contributed by atoms with Crippen LogP contribution in [0.1, 0.15) is 38.7 Å². The van der Waals surface area contributed by atoms with Crippen LogP contribution in [0.3, 0.4) is 0 Å². The van der Waals surface area contributed by atoms with Crippen molar-refractivity contribution in [2.45, 2.75) is 39.5 Å². The first-order chi connectivity index (χ1) is 8.31. The molecule has 0 saturated carbocycles. The molecule has 17 heavy (non-hydrogen) atoms. The van der Waals surface area contributed by atoms with Gasteiger partial charge in [0.25, 0.3) is 0 Å². The van der Waals surface area contributed by atoms with Gasteiger partial charge in [0.05, 0.1) is 0 Å². The maximum atomic E-state index is 8.86. The van der Waals surface area contributed by atoms with E-state index in [1.807, 2.05) is 0 Å². The first-order valence-electron chi connectivity index (χ1n) is 6.76. The molecule has 0 bridgehead atoms. The zero-order valence-electron chi connectivity index (χ0n) is 11.2. The molecule has 0 aliphatic heterocycles. The first kappa shape index (κ1) is 14.0. The van der Waals surface area contributed by atoms with Crippen molar-refractivity contribution in [1.82, 2.24) is 0 Å². The summed E-state index contributed by atoms with van der Waals surface area (Å²) < 4.78 is 0. The smallest absolute Gasteiger partial charge is 0.0434 e. The van der Waals surface area contributed by atoms with Gasteiger partial charge in [-0.15, -0.1) is 0 Å². The number of rotatable bonds is 8. The molecule has 1 rings (SSSR count). The molecule has 2 heteroatoms. The Balaban J connectivity index is 2.72. The van der Waals surface area contributed by atoms with Crippen LogP contribution in [0.5, 0.6) is 0 Å². The summed E-state index contributed by atoms with van der Waals surface area (Å²) in [6.45, 7) is 6.96. The van der Waals surface area contributed by atoms with Crippen molar-refractivity contribution in [3.8, 4) is 0 Å². The Kier molecular flexibility index (Phi) is 6.71. The summed E-state index contributed by atoms with van der Waals surface area (Å²) in [5.74, 6) is 0. The van der Waals surface area contributed by atoms with E-state index in [2.05, 4.69) is 43.0 Å². The number of nitrogens with zero attached hydrogens (tertiary/aromatic N) is 1. The Morgan fingerprint density at radius 2 is 1.82 bits per heavy atom. The average Bonchev–Trinajstić information content (AvgIpc) is 2.36. The second-order valence-electron chi connectivity index (χ2n) is 4.48. The number of benzene rings is 1. The predicted molar refractivity (Wildman–Crippen MR) is 74.6 cm³/mol. The number of hydrogen-bond acceptors (Lipinski definition) is 2. The van der Waals surface area contributed by atoms with Gasteiger partial charge in [-0.1, -0.05) is 26.0 Å². The molecule has 0 aliphatic carbocycles. The minimum atomic E-state index is 0.276. The standard InChI is InChI=1S/C15H25NO/c1-3-10-16(11-4-2)15-9-5-7-14(13-15)8-6-12-17/h5,7,9,13,17H,3-4,6,8,10-12H2,1-2H3. The minimum Gasteiger partial charge on any atom is -0.396 e. The molecule has 0 amide bonds. The molecular weight excluding hydrogens is 210 g/mol. The van der Waals surface area contributed by atoms with Crippen molar-refractivity contribution in [2.24, 2.45) is 0 Å². The normalized spacial score (nSPS) is 10.5. The van der Waals surface area contributed by atoms with Gasteiger partial charge in [0.2, 0.25) is 0 Å². The lowest BCUT2D eigenvalue weighted by molar-refractivity contribution is 0.288. The van der Waals surface area contributed by atoms with E-state index in [0.717, 1.165) is 25.9 Å². The highest BCUT2D eigenvalue weighted by atomic mass is 16.2. The largest absolute Gasteiger partial charge is 0.396 e. The van der Waals surface area contributed by atoms with Crippen LogP contribution >= 0.6 is 0 Å². The summed E-state index contributed by atoms with van der Waals surface area (Å²) in [5, 5.41) is 8.86. The molecule has 96 valence electrons. The Morgan fingerprint density at radius 3 is 2.41 bits per heavy atom. The van der Waals surface area contributed by atoms with E-state index in [0.29, 0.717) is 0 Å². The third-order valence-corrected chi connectivity index (χ3v) is 2.89. The van der Waals surface area contributed by atoms with E-state index in [1.54, 1.807) is 0 Å². The van der Waals surface area contributed by atoms with Crippen LogP contribution in [0, 0.1) is 0 Å². The molecule has 0 aromatic heterocycles. The number of aliphatic hydroxyl groups excluding tert-OH is 1. The number of hydrogen-bond donors (Lipinski definition) is 1. The third kappa shape index (κ3) is 4.78. The summed E-state index contributed by atoms with van der Waals surface area (Å²) in [6.07, 6.45) is 4.18. The van der Waals surface area contributed by atoms with Gasteiger partial charge in [-0.2, -0.15) is 0 Å². The van der Waals surface area contributed by atoms with Crippen LogP contribution in [-0.4, -0.2) is 24.8 Å². The van der Waals surface area contributed by atoms with Crippen molar-refractivity contribution >= 4 is 5.69 Å². The van der Waals surface area contributed by atoms with Crippen molar-refractivity contribution < 1.29 is 5.11 Å². The predicted octanol–water partition coefficient (Wildman–Crippen LogP) is 3.24. The Morgan fingerprint density at radius 1 is 1.12 bits per heavy atom. The third-order valence-electron chi connectivity index (χ3n) is 2.89. The van der Waals surface area contributed by atoms with E-state index < -0.39 is 0 Å². The maximum absolute atomic E-state index is 8.86. The summed E-state index contributed by atoms with van der Waals surface area (Å²) in [4.78, 5) is 2.45. The highest BCUT2D eigenvalue weighted by molar-refractivity contribution is 5.48. The van der Waals surface area contributed by atoms with Crippen LogP contribution < -0.4 is 4.90 Å². The number of aliphatic hydroxyl groups is 1. The van der Waals surface area contributed by atoms with Gasteiger partial charge in [0.1, 0.15) is 0 Å². The number of anilines is 1. The van der Waals surface area contributed by atoms with Gasteiger partial charge in [0, 0.05) is 25.4 Å². The molecule has 0 unspecified atom stereocenters. The zero-order valence-corrected chi connectivity index (χ0v) is 11.2. The molecule has 1 N–H and O–H groups in total. The van der Waals surface area contributed by atoms with Gasteiger partial charge in [-0.25, -0.2) is 0 Å². The summed E-state index contributed by atoms with van der Waals surface area (Å²) in [5.41, 5.74) is 2.65. The fourth-order valence-corrected chi connectivity index (χ4v) is 2.10. The molecule has 0 saturated heterocycles. The monoisotopic (exact) mass is 235 g/mol. The molecule has 0 radical (unpaired) electrons. The lowest BCUT2D eigenvalue weighted by Crippen LogP contribution is -2.24. The summed E-state index contributed by atoms with van der Waals surface area (Å²) >= 11 is 0. The van der Waals surface area contributed by atoms with Crippen LogP contribution in [-0.2, 0) is 6.42 Å². The lowest BCUT2D eigenvalue weighted by atomic mass is 10.1. The van der Waals surface area contributed by atoms with E-state index in [9.17, 15) is 0 Å². The Bertz CT molecular complexity index is 306. The van der Waals surface area contributed by atoms with Crippen LogP contribution in [0.15, 0.2) is 24.3 Å². The van der Waals surface area contributed by atoms with Gasteiger partial charge >= 0.3 is 0 Å². The van der Waals surface area contributed by atoms with Gasteiger partial charge < -0.3 is 10.0 Å². The van der Waals surface area contributed by atoms with Crippen LogP contribution in [0.25, 0.3) is 0 Å². The Hall–Kier alpha value is -1.02. The summed E-state index contributed by atoms with van der Waals surface area (Å²) in [7, 11) is 0. The second kappa shape index (κ2) is 8.13. The van der Waals surface area contributed by atoms with Crippen molar-refractivity contribution in [3.05, 3.63) is 29.8 Å². The van der Waals surface area contributed by atoms with Crippen molar-refractivity contribution in [3.63, 3.8) is 0 Å². The van der Waals surface area contributed by atoms with Crippen molar-refractivity contribution in [2.75, 3.05) is 24.6 Å². The van der Waals surface area contributed by atoms with Crippen molar-refractivity contribution in [1.29, 1.82) is 0 Å². The Labute approximate surface area is 105 Å². The lowest BCUT2D eigenvalue weighted by Gasteiger charge is -2.24. The zero-order chi connectivity index (χ0) is 12.5. The maximum Gasteiger partial charge on any atom is 0.0434 e. The van der Waals surface area contributed by atoms with Crippen LogP contribution in [0.2, 0.25) is 0 Å². The highest BCUT2D eigenvalue weighted by Crippen LogP contribution is 2.18. The highest BCUT2D eigenvalue weighted by Gasteiger charge is 2.04. The average molecular weight is 235 g/mol. The quantitative estimate of drug-likeness (QED) is 0.747. The fraction of sp³-hybridized carbons (Fsp3) is 0.600. The molecule has 0 spiro atoms. The van der Waals surface area contributed by atoms with E-state index in [4.69, 9.17) is 5.11 Å². The number of aryl methyl sites for hydroxylation is 1. The first-order valence-corrected chi connectivity index (χ1v) is 6.76. The van der Waals surface area contributed by atoms with E-state index in [1.165, 1.54) is 24.1 Å². The molecule has 1 aromatic carbocycles. The molecule has 2 nitrogen and oxygen atoms in total. The minimum absolute atomic E-state index is 0.276. The van der Waals surface area contributed by atoms with Gasteiger partial charge in [0.15, 0.2) is 0 Å². The molecule has 0 heterocycles. The molecule has 0 aliphatic rings.